The molecule has 1 heterocycles. The molecule has 5 nitrogen and oxygen atoms in total. The van der Waals surface area contributed by atoms with Crippen molar-refractivity contribution in [2.45, 2.75) is 26.6 Å². The molecule has 2 aromatic carbocycles. The van der Waals surface area contributed by atoms with Crippen LogP contribution >= 0.6 is 0 Å². The molecular formula is C19H19F3N4O. The molecule has 0 saturated heterocycles. The number of fused-ring (bicyclic) bond motifs is 1. The molecule has 3 aromatic rings. The fourth-order valence-corrected chi connectivity index (χ4v) is 2.90. The van der Waals surface area contributed by atoms with Crippen LogP contribution in [0.3, 0.4) is 0 Å². The highest BCUT2D eigenvalue weighted by Crippen LogP contribution is 2.32. The molecule has 1 aromatic heterocycles. The van der Waals surface area contributed by atoms with E-state index in [1.54, 1.807) is 14.0 Å². The van der Waals surface area contributed by atoms with Gasteiger partial charge in [-0.2, -0.15) is 13.2 Å². The lowest BCUT2D eigenvalue weighted by molar-refractivity contribution is -0.137. The van der Waals surface area contributed by atoms with E-state index in [4.69, 9.17) is 10.5 Å². The zero-order valence-electron chi connectivity index (χ0n) is 15.1. The van der Waals surface area contributed by atoms with Crippen molar-refractivity contribution in [3.8, 4) is 5.75 Å². The van der Waals surface area contributed by atoms with Crippen LogP contribution in [0.5, 0.6) is 5.75 Å². The van der Waals surface area contributed by atoms with Crippen LogP contribution in [-0.2, 0) is 12.7 Å². The molecule has 0 spiro atoms. The van der Waals surface area contributed by atoms with E-state index >= 15 is 0 Å². The number of halogens is 3. The number of nitrogens with two attached hydrogens (primary N) is 1. The number of nitrogens with one attached hydrogen (secondary N) is 1. The molecule has 8 heteroatoms. The van der Waals surface area contributed by atoms with Gasteiger partial charge in [0.25, 0.3) is 0 Å². The molecule has 0 aliphatic carbocycles. The highest BCUT2D eigenvalue weighted by Gasteiger charge is 2.31. The van der Waals surface area contributed by atoms with Crippen LogP contribution in [0.1, 0.15) is 22.5 Å². The molecule has 27 heavy (non-hydrogen) atoms. The summed E-state index contributed by atoms with van der Waals surface area (Å²) in [6.07, 6.45) is -4.45. The number of ether oxygens (including phenoxy) is 1. The number of nitrogens with zero attached hydrogens (tertiary/aromatic N) is 2. The summed E-state index contributed by atoms with van der Waals surface area (Å²) >= 11 is 0. The molecule has 3 N–H and O–H groups in total. The van der Waals surface area contributed by atoms with Crippen molar-refractivity contribution in [2.75, 3.05) is 18.2 Å². The Bertz CT molecular complexity index is 1000. The Hall–Kier alpha value is -3.03. The second-order valence-electron chi connectivity index (χ2n) is 6.27. The Kier molecular flexibility index (Phi) is 4.82. The zero-order chi connectivity index (χ0) is 19.8. The number of methoxy groups -OCH3 is 1. The smallest absolute Gasteiger partial charge is 0.416 e. The van der Waals surface area contributed by atoms with E-state index in [9.17, 15) is 13.2 Å². The molecule has 0 radical (unpaired) electrons. The predicted molar refractivity (Wildman–Crippen MR) is 98.7 cm³/mol. The summed E-state index contributed by atoms with van der Waals surface area (Å²) in [5.74, 6) is 1.76. The van der Waals surface area contributed by atoms with Gasteiger partial charge in [0, 0.05) is 17.6 Å². The van der Waals surface area contributed by atoms with E-state index < -0.39 is 11.7 Å². The third-order valence-electron chi connectivity index (χ3n) is 4.13. The van der Waals surface area contributed by atoms with Crippen LogP contribution < -0.4 is 15.8 Å². The van der Waals surface area contributed by atoms with Gasteiger partial charge in [0.1, 0.15) is 17.4 Å². The minimum Gasteiger partial charge on any atom is -0.496 e. The van der Waals surface area contributed by atoms with E-state index in [-0.39, 0.29) is 12.2 Å². The number of aromatic nitrogens is 2. The maximum Gasteiger partial charge on any atom is 0.416 e. The molecule has 0 fully saturated rings. The van der Waals surface area contributed by atoms with Crippen LogP contribution in [0.15, 0.2) is 30.3 Å². The van der Waals surface area contributed by atoms with Crippen molar-refractivity contribution in [3.63, 3.8) is 0 Å². The van der Waals surface area contributed by atoms with E-state index in [2.05, 4.69) is 15.3 Å². The van der Waals surface area contributed by atoms with Crippen LogP contribution in [0.4, 0.5) is 24.7 Å². The van der Waals surface area contributed by atoms with E-state index in [1.807, 2.05) is 19.1 Å². The molecular weight excluding hydrogens is 357 g/mol. The Labute approximate surface area is 154 Å². The van der Waals surface area contributed by atoms with Crippen molar-refractivity contribution in [1.29, 1.82) is 0 Å². The number of nitrogen functional groups attached to an aromatic ring is 1. The first-order valence-corrected chi connectivity index (χ1v) is 8.21. The highest BCUT2D eigenvalue weighted by molar-refractivity contribution is 5.91. The van der Waals surface area contributed by atoms with E-state index in [1.165, 1.54) is 6.07 Å². The second kappa shape index (κ2) is 6.94. The first-order valence-electron chi connectivity index (χ1n) is 8.21. The molecule has 0 unspecified atom stereocenters. The van der Waals surface area contributed by atoms with Gasteiger partial charge in [0.05, 0.1) is 18.2 Å². The lowest BCUT2D eigenvalue weighted by Crippen LogP contribution is -2.09. The molecule has 0 aliphatic heterocycles. The molecule has 0 saturated carbocycles. The molecule has 0 amide bonds. The number of alkyl halides is 3. The fourth-order valence-electron chi connectivity index (χ4n) is 2.90. The Morgan fingerprint density at radius 2 is 1.81 bits per heavy atom. The summed E-state index contributed by atoms with van der Waals surface area (Å²) in [5.41, 5.74) is 6.97. The third-order valence-corrected chi connectivity index (χ3v) is 4.13. The Morgan fingerprint density at radius 3 is 2.48 bits per heavy atom. The van der Waals surface area contributed by atoms with Gasteiger partial charge in [-0.25, -0.2) is 9.97 Å². The van der Waals surface area contributed by atoms with Crippen LogP contribution in [0.25, 0.3) is 10.9 Å². The maximum atomic E-state index is 13.0. The summed E-state index contributed by atoms with van der Waals surface area (Å²) in [7, 11) is 1.57. The lowest BCUT2D eigenvalue weighted by Gasteiger charge is -2.14. The average Bonchev–Trinajstić information content (AvgIpc) is 2.57. The summed E-state index contributed by atoms with van der Waals surface area (Å²) in [6, 6.07) is 7.19. The average molecular weight is 376 g/mol. The summed E-state index contributed by atoms with van der Waals surface area (Å²) < 4.78 is 44.3. The number of benzene rings is 2. The molecule has 142 valence electrons. The van der Waals surface area contributed by atoms with Gasteiger partial charge in [-0.05, 0) is 55.3 Å². The molecule has 3 rings (SSSR count). The number of aryl methyl sites for hydroxylation is 2. The van der Waals surface area contributed by atoms with Crippen molar-refractivity contribution in [2.24, 2.45) is 0 Å². The van der Waals surface area contributed by atoms with Gasteiger partial charge in [0.15, 0.2) is 0 Å². The number of rotatable bonds is 4. The largest absolute Gasteiger partial charge is 0.496 e. The van der Waals surface area contributed by atoms with Gasteiger partial charge in [-0.3, -0.25) is 0 Å². The number of hydrogen-bond acceptors (Lipinski definition) is 5. The van der Waals surface area contributed by atoms with Crippen LogP contribution in [0, 0.1) is 13.8 Å². The molecule has 0 bridgehead atoms. The van der Waals surface area contributed by atoms with Gasteiger partial charge in [-0.1, -0.05) is 0 Å². The third kappa shape index (κ3) is 4.05. The summed E-state index contributed by atoms with van der Waals surface area (Å²) in [5, 5.41) is 3.82. The quantitative estimate of drug-likeness (QED) is 0.658. The first kappa shape index (κ1) is 18.8. The van der Waals surface area contributed by atoms with Crippen LogP contribution in [0.2, 0.25) is 0 Å². The monoisotopic (exact) mass is 376 g/mol. The lowest BCUT2D eigenvalue weighted by atomic mass is 10.1. The van der Waals surface area contributed by atoms with Crippen LogP contribution in [-0.4, -0.2) is 17.1 Å². The van der Waals surface area contributed by atoms with Gasteiger partial charge < -0.3 is 15.8 Å². The Morgan fingerprint density at radius 1 is 1.07 bits per heavy atom. The number of anilines is 2. The fraction of sp³-hybridized carbons (Fsp3) is 0.263. The van der Waals surface area contributed by atoms with Crippen molar-refractivity contribution < 1.29 is 17.9 Å². The standard InChI is InChI=1S/C19H19F3N4O/c1-10-4-16-15(8-17(10)27-3)18(26-11(2)25-16)24-9-12-5-13(19(20,21)22)7-14(23)6-12/h4-8H,9,23H2,1-3H3,(H,24,25,26). The Balaban J connectivity index is 1.97. The van der Waals surface area contributed by atoms with Crippen molar-refractivity contribution in [3.05, 3.63) is 52.8 Å². The zero-order valence-corrected chi connectivity index (χ0v) is 15.1. The van der Waals surface area contributed by atoms with Crippen molar-refractivity contribution in [1.82, 2.24) is 9.97 Å². The normalized spacial score (nSPS) is 11.6. The number of hydrogen-bond donors (Lipinski definition) is 2. The van der Waals surface area contributed by atoms with E-state index in [0.29, 0.717) is 23.0 Å². The SMILES string of the molecule is COc1cc2c(NCc3cc(N)cc(C(F)(F)F)c3)nc(C)nc2cc1C. The molecule has 0 aliphatic rings. The topological polar surface area (TPSA) is 73.1 Å². The second-order valence-corrected chi connectivity index (χ2v) is 6.27. The summed E-state index contributed by atoms with van der Waals surface area (Å²) in [4.78, 5) is 8.80. The first-order chi connectivity index (χ1) is 12.7. The van der Waals surface area contributed by atoms with Crippen molar-refractivity contribution >= 4 is 22.4 Å². The van der Waals surface area contributed by atoms with Gasteiger partial charge in [-0.15, -0.1) is 0 Å². The summed E-state index contributed by atoms with van der Waals surface area (Å²) in [6.45, 7) is 3.80. The maximum absolute atomic E-state index is 13.0. The predicted octanol–water partition coefficient (Wildman–Crippen LogP) is 4.47. The molecule has 0 atom stereocenters. The highest BCUT2D eigenvalue weighted by atomic mass is 19.4. The minimum atomic E-state index is -4.45. The van der Waals surface area contributed by atoms with Gasteiger partial charge >= 0.3 is 6.18 Å². The minimum absolute atomic E-state index is 0.0580. The van der Waals surface area contributed by atoms with E-state index in [0.717, 1.165) is 28.6 Å². The van der Waals surface area contributed by atoms with Gasteiger partial charge in [0.2, 0.25) is 0 Å².